The molecule has 1 heterocycles. The van der Waals surface area contributed by atoms with Crippen LogP contribution in [-0.2, 0) is 38.8 Å². The third kappa shape index (κ3) is 9.94. The first kappa shape index (κ1) is 34.3. The van der Waals surface area contributed by atoms with E-state index in [1.165, 1.54) is 0 Å². The summed E-state index contributed by atoms with van der Waals surface area (Å²) in [5.74, 6) is -0.537. The van der Waals surface area contributed by atoms with Crippen LogP contribution >= 0.6 is 0 Å². The van der Waals surface area contributed by atoms with Crippen LogP contribution < -0.4 is 0 Å². The molecule has 0 radical (unpaired) electrons. The fourth-order valence-electron chi connectivity index (χ4n) is 5.49. The lowest BCUT2D eigenvalue weighted by Crippen LogP contribution is -2.38. The average molecular weight is 607 g/mol. The van der Waals surface area contributed by atoms with Crippen LogP contribution in [0, 0.1) is 0 Å². The second kappa shape index (κ2) is 16.6. The van der Waals surface area contributed by atoms with Crippen molar-refractivity contribution in [2.45, 2.75) is 83.5 Å². The van der Waals surface area contributed by atoms with E-state index in [4.69, 9.17) is 33.2 Å². The summed E-state index contributed by atoms with van der Waals surface area (Å²) in [6.45, 7) is 14.8. The molecule has 0 saturated carbocycles. The van der Waals surface area contributed by atoms with Gasteiger partial charge in [0.25, 0.3) is 0 Å². The molecule has 5 atom stereocenters. The van der Waals surface area contributed by atoms with Gasteiger partial charge in [-0.2, -0.15) is 0 Å². The van der Waals surface area contributed by atoms with Crippen LogP contribution in [0.5, 0.6) is 0 Å². The number of hydrogen-bond donors (Lipinski definition) is 0. The molecular formula is C37H50O7. The highest BCUT2D eigenvalue weighted by Gasteiger charge is 2.39. The molecule has 44 heavy (non-hydrogen) atoms. The zero-order valence-electron chi connectivity index (χ0n) is 27.1. The lowest BCUT2D eigenvalue weighted by atomic mass is 9.80. The summed E-state index contributed by atoms with van der Waals surface area (Å²) in [5.41, 5.74) is 2.43. The predicted octanol–water partition coefficient (Wildman–Crippen LogP) is 6.77. The zero-order chi connectivity index (χ0) is 31.4. The van der Waals surface area contributed by atoms with Gasteiger partial charge in [0.05, 0.1) is 64.1 Å². The molecule has 5 unspecified atom stereocenters. The highest BCUT2D eigenvalue weighted by Crippen LogP contribution is 2.41. The fraction of sp³-hybridized carbons (Fsp3) is 0.514. The predicted molar refractivity (Wildman–Crippen MR) is 172 cm³/mol. The first-order chi connectivity index (χ1) is 21.2. The first-order valence-corrected chi connectivity index (χ1v) is 15.8. The van der Waals surface area contributed by atoms with Crippen LogP contribution in [0.2, 0.25) is 0 Å². The third-order valence-electron chi connectivity index (χ3n) is 7.43. The molecule has 4 rings (SSSR count). The average Bonchev–Trinajstić information content (AvgIpc) is 3.38. The van der Waals surface area contributed by atoms with Gasteiger partial charge in [-0.3, -0.25) is 0 Å². The van der Waals surface area contributed by atoms with Gasteiger partial charge in [-0.25, -0.2) is 0 Å². The molecule has 0 aromatic heterocycles. The van der Waals surface area contributed by atoms with E-state index in [1.807, 2.05) is 52.8 Å². The van der Waals surface area contributed by atoms with Crippen LogP contribution in [0.3, 0.4) is 0 Å². The minimum absolute atomic E-state index is 0.0432. The molecule has 1 saturated heterocycles. The molecule has 0 N–H and O–H groups in total. The van der Waals surface area contributed by atoms with Crippen molar-refractivity contribution < 1.29 is 33.2 Å². The molecule has 240 valence electrons. The smallest absolute Gasteiger partial charge is 0.163 e. The van der Waals surface area contributed by atoms with E-state index >= 15 is 0 Å². The lowest BCUT2D eigenvalue weighted by Gasteiger charge is -2.38. The molecule has 0 aliphatic carbocycles. The summed E-state index contributed by atoms with van der Waals surface area (Å²) in [6.07, 6.45) is -0.472. The Morgan fingerprint density at radius 3 is 1.64 bits per heavy atom. The van der Waals surface area contributed by atoms with Gasteiger partial charge in [-0.1, -0.05) is 91.0 Å². The lowest BCUT2D eigenvalue weighted by molar-refractivity contribution is -0.148. The van der Waals surface area contributed by atoms with Crippen molar-refractivity contribution in [2.24, 2.45) is 0 Å². The molecule has 1 aliphatic heterocycles. The summed E-state index contributed by atoms with van der Waals surface area (Å²) < 4.78 is 42.3. The van der Waals surface area contributed by atoms with Crippen molar-refractivity contribution in [1.29, 1.82) is 0 Å². The Bertz CT molecular complexity index is 1110. The first-order valence-electron chi connectivity index (χ1n) is 15.8. The normalized spacial score (nSPS) is 19.4. The Hall–Kier alpha value is -2.62. The monoisotopic (exact) mass is 606 g/mol. The Labute approximate surface area is 263 Å². The van der Waals surface area contributed by atoms with Crippen molar-refractivity contribution in [3.8, 4) is 0 Å². The van der Waals surface area contributed by atoms with Crippen molar-refractivity contribution in [1.82, 2.24) is 0 Å². The molecule has 0 amide bonds. The zero-order valence-corrected chi connectivity index (χ0v) is 27.1. The van der Waals surface area contributed by atoms with Crippen LogP contribution in [0.15, 0.2) is 91.0 Å². The maximum absolute atomic E-state index is 6.98. The van der Waals surface area contributed by atoms with Gasteiger partial charge >= 0.3 is 0 Å². The van der Waals surface area contributed by atoms with Crippen LogP contribution in [0.4, 0.5) is 0 Å². The molecule has 7 heteroatoms. The molecular weight excluding hydrogens is 556 g/mol. The summed E-state index contributed by atoms with van der Waals surface area (Å²) in [6, 6.07) is 31.2. The number of benzene rings is 3. The third-order valence-corrected chi connectivity index (χ3v) is 7.43. The van der Waals surface area contributed by atoms with Gasteiger partial charge < -0.3 is 33.2 Å². The number of hydrogen-bond acceptors (Lipinski definition) is 7. The van der Waals surface area contributed by atoms with Crippen LogP contribution in [0.25, 0.3) is 0 Å². The second-order valence-corrected chi connectivity index (χ2v) is 12.1. The summed E-state index contributed by atoms with van der Waals surface area (Å²) in [4.78, 5) is 0. The molecule has 3 aromatic carbocycles. The molecule has 1 aliphatic rings. The SMILES string of the molecule is CC(COCC(C)OC(c1ccccc1)(c1ccccc1)c1ccccc1)OCC(C)OC(C)COCC1COC(C)(C)O1. The molecule has 1 fully saturated rings. The Kier molecular flexibility index (Phi) is 12.9. The van der Waals surface area contributed by atoms with Gasteiger partial charge in [-0.15, -0.1) is 0 Å². The summed E-state index contributed by atoms with van der Waals surface area (Å²) in [5, 5.41) is 0. The molecule has 7 nitrogen and oxygen atoms in total. The summed E-state index contributed by atoms with van der Waals surface area (Å²) >= 11 is 0. The van der Waals surface area contributed by atoms with E-state index in [2.05, 4.69) is 79.7 Å². The topological polar surface area (TPSA) is 64.6 Å². The van der Waals surface area contributed by atoms with Gasteiger partial charge in [-0.05, 0) is 58.2 Å². The van der Waals surface area contributed by atoms with Crippen LogP contribution in [-0.4, -0.2) is 75.9 Å². The second-order valence-electron chi connectivity index (χ2n) is 12.1. The maximum atomic E-state index is 6.98. The van der Waals surface area contributed by atoms with Gasteiger partial charge in [0.1, 0.15) is 11.7 Å². The maximum Gasteiger partial charge on any atom is 0.163 e. The molecule has 0 spiro atoms. The van der Waals surface area contributed by atoms with E-state index < -0.39 is 11.4 Å². The van der Waals surface area contributed by atoms with E-state index in [9.17, 15) is 0 Å². The fourth-order valence-corrected chi connectivity index (χ4v) is 5.49. The van der Waals surface area contributed by atoms with Gasteiger partial charge in [0, 0.05) is 0 Å². The highest BCUT2D eigenvalue weighted by atomic mass is 16.7. The standard InChI is InChI=1S/C37H50O7/c1-28(40-25-30(3)42-29(2)23-39-26-35-27-41-36(5,6)44-35)22-38-24-31(4)43-37(32-16-10-7-11-17-32,33-18-12-8-13-19-33)34-20-14-9-15-21-34/h7-21,28-31,35H,22-27H2,1-6H3. The summed E-state index contributed by atoms with van der Waals surface area (Å²) in [7, 11) is 0. The Balaban J connectivity index is 1.24. The molecule has 0 bridgehead atoms. The van der Waals surface area contributed by atoms with Crippen molar-refractivity contribution in [3.05, 3.63) is 108 Å². The molecule has 3 aromatic rings. The van der Waals surface area contributed by atoms with Crippen molar-refractivity contribution in [2.75, 3.05) is 39.6 Å². The van der Waals surface area contributed by atoms with Crippen LogP contribution in [0.1, 0.15) is 58.2 Å². The minimum Gasteiger partial charge on any atom is -0.376 e. The van der Waals surface area contributed by atoms with Crippen molar-refractivity contribution in [3.63, 3.8) is 0 Å². The number of rotatable bonds is 18. The minimum atomic E-state index is -0.781. The number of ether oxygens (including phenoxy) is 7. The van der Waals surface area contributed by atoms with E-state index in [1.54, 1.807) is 0 Å². The Morgan fingerprint density at radius 1 is 0.659 bits per heavy atom. The Morgan fingerprint density at radius 2 is 1.14 bits per heavy atom. The highest BCUT2D eigenvalue weighted by molar-refractivity contribution is 5.47. The van der Waals surface area contributed by atoms with E-state index in [0.29, 0.717) is 39.6 Å². The van der Waals surface area contributed by atoms with Gasteiger partial charge in [0.15, 0.2) is 5.79 Å². The van der Waals surface area contributed by atoms with E-state index in [-0.39, 0.29) is 30.5 Å². The quantitative estimate of drug-likeness (QED) is 0.148. The largest absolute Gasteiger partial charge is 0.376 e. The van der Waals surface area contributed by atoms with Crippen molar-refractivity contribution >= 4 is 0 Å². The van der Waals surface area contributed by atoms with Gasteiger partial charge in [0.2, 0.25) is 0 Å². The van der Waals surface area contributed by atoms with E-state index in [0.717, 1.165) is 16.7 Å².